The predicted molar refractivity (Wildman–Crippen MR) is 80.4 cm³/mol. The maximum atomic E-state index is 11.8. The topological polar surface area (TPSA) is 80.0 Å². The van der Waals surface area contributed by atoms with Crippen molar-refractivity contribution < 1.29 is 4.79 Å². The summed E-state index contributed by atoms with van der Waals surface area (Å²) < 4.78 is 0.610. The van der Waals surface area contributed by atoms with E-state index in [-0.39, 0.29) is 0 Å². The molecule has 0 aliphatic rings. The van der Waals surface area contributed by atoms with Crippen molar-refractivity contribution in [1.82, 2.24) is 4.98 Å². The molecular formula is C12H10BrClN4O. The van der Waals surface area contributed by atoms with Gasteiger partial charge in [-0.1, -0.05) is 11.6 Å². The van der Waals surface area contributed by atoms with Crippen molar-refractivity contribution in [2.45, 2.75) is 0 Å². The van der Waals surface area contributed by atoms with Crippen LogP contribution in [-0.2, 0) is 0 Å². The lowest BCUT2D eigenvalue weighted by Gasteiger charge is -2.08. The number of pyridine rings is 1. The first-order valence-electron chi connectivity index (χ1n) is 5.29. The fourth-order valence-electron chi connectivity index (χ4n) is 1.35. The van der Waals surface area contributed by atoms with Crippen LogP contribution in [0.1, 0.15) is 0 Å². The largest absolute Gasteiger partial charge is 0.397 e. The summed E-state index contributed by atoms with van der Waals surface area (Å²) >= 11 is 9.03. The van der Waals surface area contributed by atoms with Crippen molar-refractivity contribution in [3.05, 3.63) is 46.0 Å². The average molecular weight is 342 g/mol. The second kappa shape index (κ2) is 5.90. The van der Waals surface area contributed by atoms with Gasteiger partial charge < -0.3 is 11.1 Å². The Bertz CT molecular complexity index is 603. The highest BCUT2D eigenvalue weighted by Crippen LogP contribution is 2.22. The molecule has 0 saturated heterocycles. The van der Waals surface area contributed by atoms with E-state index in [2.05, 4.69) is 31.5 Å². The molecule has 0 bridgehead atoms. The summed E-state index contributed by atoms with van der Waals surface area (Å²) in [4.78, 5) is 15.8. The maximum absolute atomic E-state index is 11.8. The minimum absolute atomic E-state index is 0.390. The van der Waals surface area contributed by atoms with Crippen molar-refractivity contribution >= 4 is 50.8 Å². The smallest absolute Gasteiger partial charge is 0.324 e. The van der Waals surface area contributed by atoms with Gasteiger partial charge in [0.25, 0.3) is 0 Å². The van der Waals surface area contributed by atoms with Crippen molar-refractivity contribution in [2.24, 2.45) is 0 Å². The van der Waals surface area contributed by atoms with E-state index >= 15 is 0 Å². The second-order valence-corrected chi connectivity index (χ2v) is 4.98. The summed E-state index contributed by atoms with van der Waals surface area (Å²) in [5.41, 5.74) is 6.71. The minimum atomic E-state index is -0.403. The van der Waals surface area contributed by atoms with Gasteiger partial charge in [0.05, 0.1) is 16.4 Å². The van der Waals surface area contributed by atoms with Crippen molar-refractivity contribution in [3.63, 3.8) is 0 Å². The maximum Gasteiger partial charge on any atom is 0.324 e. The number of nitrogens with zero attached hydrogens (tertiary/aromatic N) is 1. The molecule has 98 valence electrons. The third-order valence-corrected chi connectivity index (χ3v) is 3.05. The van der Waals surface area contributed by atoms with Crippen LogP contribution < -0.4 is 16.4 Å². The lowest BCUT2D eigenvalue weighted by atomic mass is 10.3. The number of nitrogens with two attached hydrogens (primary N) is 1. The van der Waals surface area contributed by atoms with Gasteiger partial charge in [-0.2, -0.15) is 0 Å². The SMILES string of the molecule is Nc1cnc(NC(=O)Nc2ccc(Cl)cc2)c(Br)c1. The molecule has 19 heavy (non-hydrogen) atoms. The van der Waals surface area contributed by atoms with Crippen LogP contribution in [0.15, 0.2) is 41.0 Å². The third kappa shape index (κ3) is 3.84. The van der Waals surface area contributed by atoms with Gasteiger partial charge in [-0.15, -0.1) is 0 Å². The highest BCUT2D eigenvalue weighted by Gasteiger charge is 2.07. The molecule has 0 saturated carbocycles. The van der Waals surface area contributed by atoms with Gasteiger partial charge >= 0.3 is 6.03 Å². The Labute approximate surface area is 123 Å². The number of anilines is 3. The van der Waals surface area contributed by atoms with Gasteiger partial charge in [0, 0.05) is 10.7 Å². The van der Waals surface area contributed by atoms with Gasteiger partial charge in [0.1, 0.15) is 5.82 Å². The number of benzene rings is 1. The lowest BCUT2D eigenvalue weighted by Crippen LogP contribution is -2.20. The zero-order valence-electron chi connectivity index (χ0n) is 9.65. The van der Waals surface area contributed by atoms with Crippen LogP contribution in [0.25, 0.3) is 0 Å². The molecule has 2 aromatic rings. The number of rotatable bonds is 2. The van der Waals surface area contributed by atoms with E-state index in [0.29, 0.717) is 26.7 Å². The van der Waals surface area contributed by atoms with E-state index in [1.165, 1.54) is 6.20 Å². The molecule has 0 aliphatic heterocycles. The van der Waals surface area contributed by atoms with Gasteiger partial charge in [0.2, 0.25) is 0 Å². The third-order valence-electron chi connectivity index (χ3n) is 2.20. The fraction of sp³-hybridized carbons (Fsp3) is 0. The normalized spacial score (nSPS) is 10.0. The Balaban J connectivity index is 2.03. The molecule has 7 heteroatoms. The Kier molecular flexibility index (Phi) is 4.24. The van der Waals surface area contributed by atoms with Gasteiger partial charge in [-0.25, -0.2) is 9.78 Å². The van der Waals surface area contributed by atoms with Crippen LogP contribution in [0.5, 0.6) is 0 Å². The van der Waals surface area contributed by atoms with E-state index < -0.39 is 6.03 Å². The average Bonchev–Trinajstić information content (AvgIpc) is 2.36. The van der Waals surface area contributed by atoms with Crippen molar-refractivity contribution in [3.8, 4) is 0 Å². The number of urea groups is 1. The van der Waals surface area contributed by atoms with Gasteiger partial charge in [0.15, 0.2) is 0 Å². The second-order valence-electron chi connectivity index (χ2n) is 3.69. The van der Waals surface area contributed by atoms with Crippen molar-refractivity contribution in [1.29, 1.82) is 0 Å². The highest BCUT2D eigenvalue weighted by molar-refractivity contribution is 9.10. The molecule has 0 aliphatic carbocycles. The zero-order valence-corrected chi connectivity index (χ0v) is 12.0. The molecule has 0 unspecified atom stereocenters. The molecule has 1 aromatic carbocycles. The monoisotopic (exact) mass is 340 g/mol. The van der Waals surface area contributed by atoms with Crippen LogP contribution in [0, 0.1) is 0 Å². The van der Waals surface area contributed by atoms with Crippen LogP contribution in [0.4, 0.5) is 22.0 Å². The molecule has 0 spiro atoms. The molecule has 1 heterocycles. The van der Waals surface area contributed by atoms with E-state index in [0.717, 1.165) is 0 Å². The number of amides is 2. The molecule has 0 radical (unpaired) electrons. The quantitative estimate of drug-likeness (QED) is 0.778. The van der Waals surface area contributed by atoms with E-state index in [4.69, 9.17) is 17.3 Å². The summed E-state index contributed by atoms with van der Waals surface area (Å²) in [6, 6.07) is 8.04. The molecule has 1 aromatic heterocycles. The number of nitrogens with one attached hydrogen (secondary N) is 2. The van der Waals surface area contributed by atoms with Gasteiger partial charge in [-0.05, 0) is 46.3 Å². The highest BCUT2D eigenvalue weighted by atomic mass is 79.9. The van der Waals surface area contributed by atoms with E-state index in [1.54, 1.807) is 30.3 Å². The summed E-state index contributed by atoms with van der Waals surface area (Å²) in [6.45, 7) is 0. The number of aromatic nitrogens is 1. The summed E-state index contributed by atoms with van der Waals surface area (Å²) in [7, 11) is 0. The lowest BCUT2D eigenvalue weighted by molar-refractivity contribution is 0.262. The van der Waals surface area contributed by atoms with Crippen LogP contribution in [-0.4, -0.2) is 11.0 Å². The Morgan fingerprint density at radius 2 is 1.95 bits per heavy atom. The first-order chi connectivity index (χ1) is 9.04. The zero-order chi connectivity index (χ0) is 13.8. The molecule has 0 atom stereocenters. The van der Waals surface area contributed by atoms with Gasteiger partial charge in [-0.3, -0.25) is 5.32 Å². The first kappa shape index (κ1) is 13.6. The number of carbonyl (C=O) groups excluding carboxylic acids is 1. The minimum Gasteiger partial charge on any atom is -0.397 e. The number of nitrogen functional groups attached to an aromatic ring is 1. The standard InChI is InChI=1S/C12H10BrClN4O/c13-10-5-8(15)6-16-11(10)18-12(19)17-9-3-1-7(14)2-4-9/h1-6H,15H2,(H2,16,17,18,19). The molecule has 0 fully saturated rings. The van der Waals surface area contributed by atoms with E-state index in [9.17, 15) is 4.79 Å². The Hall–Kier alpha value is -1.79. The molecular weight excluding hydrogens is 332 g/mol. The Morgan fingerprint density at radius 1 is 1.26 bits per heavy atom. The summed E-state index contributed by atoms with van der Waals surface area (Å²) in [6.07, 6.45) is 1.46. The Morgan fingerprint density at radius 3 is 2.58 bits per heavy atom. The summed E-state index contributed by atoms with van der Waals surface area (Å²) in [5.74, 6) is 0.390. The molecule has 5 nitrogen and oxygen atoms in total. The fourth-order valence-corrected chi connectivity index (χ4v) is 1.94. The molecule has 2 amide bonds. The number of hydrogen-bond acceptors (Lipinski definition) is 3. The number of hydrogen-bond donors (Lipinski definition) is 3. The summed E-state index contributed by atoms with van der Waals surface area (Å²) in [5, 5.41) is 5.87. The number of halogens is 2. The molecule has 4 N–H and O–H groups in total. The van der Waals surface area contributed by atoms with E-state index in [1.807, 2.05) is 0 Å². The van der Waals surface area contributed by atoms with Crippen molar-refractivity contribution in [2.75, 3.05) is 16.4 Å². The first-order valence-corrected chi connectivity index (χ1v) is 6.46. The van der Waals surface area contributed by atoms with Crippen LogP contribution in [0.2, 0.25) is 5.02 Å². The molecule has 2 rings (SSSR count). The predicted octanol–water partition coefficient (Wildman–Crippen LogP) is 3.72. The number of carbonyl (C=O) groups is 1. The van der Waals surface area contributed by atoms with Crippen LogP contribution in [0.3, 0.4) is 0 Å². The van der Waals surface area contributed by atoms with Crippen LogP contribution >= 0.6 is 27.5 Å².